The summed E-state index contributed by atoms with van der Waals surface area (Å²) in [7, 11) is 0. The zero-order valence-electron chi connectivity index (χ0n) is 9.60. The van der Waals surface area contributed by atoms with E-state index >= 15 is 0 Å². The van der Waals surface area contributed by atoms with E-state index in [1.165, 1.54) is 0 Å². The summed E-state index contributed by atoms with van der Waals surface area (Å²) in [4.78, 5) is 0. The Morgan fingerprint density at radius 2 is 1.72 bits per heavy atom. The molecule has 0 aliphatic heterocycles. The maximum absolute atomic E-state index is 13.6. The molecule has 0 aliphatic rings. The van der Waals surface area contributed by atoms with Gasteiger partial charge in [-0.25, -0.2) is 8.78 Å². The van der Waals surface area contributed by atoms with E-state index in [0.717, 1.165) is 22.2 Å². The van der Waals surface area contributed by atoms with Gasteiger partial charge in [0.15, 0.2) is 11.6 Å². The Kier molecular flexibility index (Phi) is 3.52. The van der Waals surface area contributed by atoms with E-state index in [-0.39, 0.29) is 11.4 Å². The van der Waals surface area contributed by atoms with Gasteiger partial charge in [-0.2, -0.15) is 0 Å². The van der Waals surface area contributed by atoms with Crippen molar-refractivity contribution >= 4 is 33.0 Å². The lowest BCUT2D eigenvalue weighted by molar-refractivity contribution is 0.592. The van der Waals surface area contributed by atoms with Crippen molar-refractivity contribution in [2.75, 3.05) is 11.1 Å². The van der Waals surface area contributed by atoms with Crippen LogP contribution in [0.15, 0.2) is 34.8 Å². The van der Waals surface area contributed by atoms with Gasteiger partial charge >= 0.3 is 0 Å². The monoisotopic (exact) mass is 312 g/mol. The number of benzene rings is 2. The molecule has 0 heterocycles. The van der Waals surface area contributed by atoms with Gasteiger partial charge in [0, 0.05) is 10.2 Å². The van der Waals surface area contributed by atoms with Gasteiger partial charge in [-0.3, -0.25) is 0 Å². The Morgan fingerprint density at radius 3 is 2.33 bits per heavy atom. The SMILES string of the molecule is Cc1ccc(Br)c(Nc2c(F)cc(N)cc2F)c1. The predicted octanol–water partition coefficient (Wildman–Crippen LogP) is 4.36. The third-order valence-corrected chi connectivity index (χ3v) is 3.14. The first-order valence-electron chi connectivity index (χ1n) is 5.25. The fraction of sp³-hybridized carbons (Fsp3) is 0.0769. The minimum atomic E-state index is -0.721. The minimum Gasteiger partial charge on any atom is -0.399 e. The maximum Gasteiger partial charge on any atom is 0.151 e. The van der Waals surface area contributed by atoms with E-state index in [1.54, 1.807) is 6.07 Å². The summed E-state index contributed by atoms with van der Waals surface area (Å²) in [5, 5.41) is 2.72. The molecule has 2 nitrogen and oxygen atoms in total. The topological polar surface area (TPSA) is 38.0 Å². The maximum atomic E-state index is 13.6. The molecule has 94 valence electrons. The first-order valence-corrected chi connectivity index (χ1v) is 6.04. The number of halogens is 3. The Morgan fingerprint density at radius 1 is 1.11 bits per heavy atom. The molecule has 3 N–H and O–H groups in total. The summed E-state index contributed by atoms with van der Waals surface area (Å²) >= 11 is 3.32. The molecule has 0 saturated heterocycles. The van der Waals surface area contributed by atoms with Crippen LogP contribution in [-0.2, 0) is 0 Å². The number of nitrogen functional groups attached to an aromatic ring is 1. The number of nitrogens with one attached hydrogen (secondary N) is 1. The highest BCUT2D eigenvalue weighted by Gasteiger charge is 2.11. The summed E-state index contributed by atoms with van der Waals surface area (Å²) < 4.78 is 28.0. The Hall–Kier alpha value is -1.62. The fourth-order valence-corrected chi connectivity index (χ4v) is 1.93. The third kappa shape index (κ3) is 2.61. The molecule has 5 heteroatoms. The molecule has 0 aromatic heterocycles. The quantitative estimate of drug-likeness (QED) is 0.808. The second-order valence-electron chi connectivity index (χ2n) is 3.97. The zero-order chi connectivity index (χ0) is 13.3. The molecule has 0 fully saturated rings. The number of hydrogen-bond donors (Lipinski definition) is 2. The highest BCUT2D eigenvalue weighted by molar-refractivity contribution is 9.10. The lowest BCUT2D eigenvalue weighted by Crippen LogP contribution is -2.00. The predicted molar refractivity (Wildman–Crippen MR) is 72.9 cm³/mol. The standard InChI is InChI=1S/C13H11BrF2N2/c1-7-2-3-9(14)12(4-7)18-13-10(15)5-8(17)6-11(13)16/h2-6,18H,17H2,1H3. The van der Waals surface area contributed by atoms with Crippen molar-refractivity contribution in [3.8, 4) is 0 Å². The third-order valence-electron chi connectivity index (χ3n) is 2.45. The molecule has 0 atom stereocenters. The summed E-state index contributed by atoms with van der Waals surface area (Å²) in [6, 6.07) is 7.65. The van der Waals surface area contributed by atoms with Crippen LogP contribution in [0, 0.1) is 18.6 Å². The second-order valence-corrected chi connectivity index (χ2v) is 4.82. The number of anilines is 3. The van der Waals surface area contributed by atoms with Gasteiger partial charge in [0.05, 0.1) is 5.69 Å². The molecule has 0 spiro atoms. The normalized spacial score (nSPS) is 10.4. The molecule has 0 bridgehead atoms. The molecule has 2 aromatic rings. The average molecular weight is 313 g/mol. The van der Waals surface area contributed by atoms with Gasteiger partial charge in [-0.15, -0.1) is 0 Å². The molecule has 2 aromatic carbocycles. The van der Waals surface area contributed by atoms with E-state index in [0.29, 0.717) is 5.69 Å². The van der Waals surface area contributed by atoms with E-state index in [9.17, 15) is 8.78 Å². The van der Waals surface area contributed by atoms with E-state index in [4.69, 9.17) is 5.73 Å². The molecule has 0 aliphatic carbocycles. The number of nitrogens with two attached hydrogens (primary N) is 1. The minimum absolute atomic E-state index is 0.0545. The number of rotatable bonds is 2. The van der Waals surface area contributed by atoms with Gasteiger partial charge < -0.3 is 11.1 Å². The van der Waals surface area contributed by atoms with Crippen LogP contribution >= 0.6 is 15.9 Å². The van der Waals surface area contributed by atoms with Crippen LogP contribution in [0.4, 0.5) is 25.8 Å². The van der Waals surface area contributed by atoms with Crippen LogP contribution in [0.1, 0.15) is 5.56 Å². The van der Waals surface area contributed by atoms with Gasteiger partial charge in [0.2, 0.25) is 0 Å². The van der Waals surface area contributed by atoms with Crippen molar-refractivity contribution in [3.63, 3.8) is 0 Å². The fourth-order valence-electron chi connectivity index (χ4n) is 1.58. The number of hydrogen-bond acceptors (Lipinski definition) is 2. The Labute approximate surface area is 112 Å². The van der Waals surface area contributed by atoms with Crippen LogP contribution < -0.4 is 11.1 Å². The van der Waals surface area contributed by atoms with Crippen molar-refractivity contribution in [3.05, 3.63) is 52.0 Å². The molecule has 0 amide bonds. The zero-order valence-corrected chi connectivity index (χ0v) is 11.2. The van der Waals surface area contributed by atoms with E-state index in [1.807, 2.05) is 19.1 Å². The molecule has 18 heavy (non-hydrogen) atoms. The molecule has 0 unspecified atom stereocenters. The van der Waals surface area contributed by atoms with E-state index < -0.39 is 11.6 Å². The molecular formula is C13H11BrF2N2. The van der Waals surface area contributed by atoms with Crippen molar-refractivity contribution in [1.29, 1.82) is 0 Å². The van der Waals surface area contributed by atoms with E-state index in [2.05, 4.69) is 21.2 Å². The molecule has 0 saturated carbocycles. The smallest absolute Gasteiger partial charge is 0.151 e. The molecular weight excluding hydrogens is 302 g/mol. The van der Waals surface area contributed by atoms with Crippen molar-refractivity contribution in [2.24, 2.45) is 0 Å². The van der Waals surface area contributed by atoms with Gasteiger partial charge in [0.1, 0.15) is 5.69 Å². The Bertz CT molecular complexity index is 577. The lowest BCUT2D eigenvalue weighted by Gasteiger charge is -2.11. The second kappa shape index (κ2) is 4.94. The van der Waals surface area contributed by atoms with Crippen LogP contribution in [0.5, 0.6) is 0 Å². The first-order chi connectivity index (χ1) is 8.47. The first kappa shape index (κ1) is 12.8. The largest absolute Gasteiger partial charge is 0.399 e. The summed E-state index contributed by atoms with van der Waals surface area (Å²) in [6.45, 7) is 1.90. The van der Waals surface area contributed by atoms with Gasteiger partial charge in [-0.1, -0.05) is 6.07 Å². The molecule has 2 rings (SSSR count). The van der Waals surface area contributed by atoms with Crippen LogP contribution in [0.3, 0.4) is 0 Å². The summed E-state index contributed by atoms with van der Waals surface area (Å²) in [5.41, 5.74) is 6.78. The summed E-state index contributed by atoms with van der Waals surface area (Å²) in [6.07, 6.45) is 0. The van der Waals surface area contributed by atoms with Crippen LogP contribution in [0.2, 0.25) is 0 Å². The summed E-state index contributed by atoms with van der Waals surface area (Å²) in [5.74, 6) is -1.44. The van der Waals surface area contributed by atoms with Crippen molar-refractivity contribution < 1.29 is 8.78 Å². The van der Waals surface area contributed by atoms with Crippen molar-refractivity contribution in [2.45, 2.75) is 6.92 Å². The Balaban J connectivity index is 2.43. The van der Waals surface area contributed by atoms with Crippen LogP contribution in [-0.4, -0.2) is 0 Å². The number of aryl methyl sites for hydroxylation is 1. The highest BCUT2D eigenvalue weighted by Crippen LogP contribution is 2.30. The van der Waals surface area contributed by atoms with Crippen LogP contribution in [0.25, 0.3) is 0 Å². The average Bonchev–Trinajstić information content (AvgIpc) is 2.28. The molecule has 0 radical (unpaired) electrons. The van der Waals surface area contributed by atoms with Gasteiger partial charge in [-0.05, 0) is 52.7 Å². The lowest BCUT2D eigenvalue weighted by atomic mass is 10.2. The van der Waals surface area contributed by atoms with Crippen molar-refractivity contribution in [1.82, 2.24) is 0 Å². The van der Waals surface area contributed by atoms with Gasteiger partial charge in [0.25, 0.3) is 0 Å². The highest BCUT2D eigenvalue weighted by atomic mass is 79.9.